The van der Waals surface area contributed by atoms with Gasteiger partial charge in [-0.3, -0.25) is 9.78 Å². The lowest BCUT2D eigenvalue weighted by molar-refractivity contribution is -0.274. The van der Waals surface area contributed by atoms with Crippen LogP contribution in [0.25, 0.3) is 0 Å². The highest BCUT2D eigenvalue weighted by molar-refractivity contribution is 5.76. The van der Waals surface area contributed by atoms with E-state index < -0.39 is 6.36 Å². The minimum Gasteiger partial charge on any atom is -0.406 e. The monoisotopic (exact) mass is 324 g/mol. The Labute approximate surface area is 131 Å². The molecule has 1 aromatic carbocycles. The lowest BCUT2D eigenvalue weighted by Crippen LogP contribution is -2.23. The summed E-state index contributed by atoms with van der Waals surface area (Å²) in [7, 11) is 0. The average molecular weight is 324 g/mol. The normalized spacial score (nSPS) is 11.1. The van der Waals surface area contributed by atoms with Crippen molar-refractivity contribution in [1.82, 2.24) is 10.3 Å². The van der Waals surface area contributed by atoms with Crippen molar-refractivity contribution in [3.63, 3.8) is 0 Å². The van der Waals surface area contributed by atoms with Crippen molar-refractivity contribution in [3.8, 4) is 5.75 Å². The number of nitrogens with one attached hydrogen (secondary N) is 1. The van der Waals surface area contributed by atoms with Gasteiger partial charge < -0.3 is 10.1 Å². The van der Waals surface area contributed by atoms with Crippen LogP contribution in [-0.2, 0) is 17.8 Å². The third-order valence-corrected chi connectivity index (χ3v) is 3.01. The SMILES string of the molecule is O=C(CCc1ccc(OC(F)(F)F)cc1)NCc1cccnc1. The first-order chi connectivity index (χ1) is 10.9. The van der Waals surface area contributed by atoms with E-state index in [0.717, 1.165) is 11.1 Å². The first-order valence-electron chi connectivity index (χ1n) is 6.93. The topological polar surface area (TPSA) is 51.2 Å². The summed E-state index contributed by atoms with van der Waals surface area (Å²) in [5.74, 6) is -0.410. The lowest BCUT2D eigenvalue weighted by Gasteiger charge is -2.09. The van der Waals surface area contributed by atoms with Gasteiger partial charge in [0.15, 0.2) is 0 Å². The molecule has 1 N–H and O–H groups in total. The summed E-state index contributed by atoms with van der Waals surface area (Å²) in [6, 6.07) is 9.12. The van der Waals surface area contributed by atoms with Gasteiger partial charge in [0, 0.05) is 25.4 Å². The Balaban J connectivity index is 1.76. The molecular formula is C16H15F3N2O2. The Morgan fingerprint density at radius 1 is 1.13 bits per heavy atom. The molecule has 0 aliphatic carbocycles. The Morgan fingerprint density at radius 2 is 1.87 bits per heavy atom. The molecule has 0 saturated carbocycles. The zero-order chi connectivity index (χ0) is 16.7. The van der Waals surface area contributed by atoms with E-state index in [-0.39, 0.29) is 18.1 Å². The van der Waals surface area contributed by atoms with Gasteiger partial charge in [0.05, 0.1) is 0 Å². The third-order valence-electron chi connectivity index (χ3n) is 3.01. The van der Waals surface area contributed by atoms with Gasteiger partial charge in [-0.2, -0.15) is 0 Å². The number of halogens is 3. The highest BCUT2D eigenvalue weighted by Gasteiger charge is 2.30. The van der Waals surface area contributed by atoms with Crippen molar-refractivity contribution < 1.29 is 22.7 Å². The molecule has 2 aromatic rings. The molecule has 0 aliphatic heterocycles. The van der Waals surface area contributed by atoms with Gasteiger partial charge in [-0.1, -0.05) is 18.2 Å². The number of aromatic nitrogens is 1. The van der Waals surface area contributed by atoms with E-state index in [9.17, 15) is 18.0 Å². The Kier molecular flexibility index (Phi) is 5.56. The molecule has 1 amide bonds. The smallest absolute Gasteiger partial charge is 0.406 e. The summed E-state index contributed by atoms with van der Waals surface area (Å²) in [6.45, 7) is 0.394. The lowest BCUT2D eigenvalue weighted by atomic mass is 10.1. The fraction of sp³-hybridized carbons (Fsp3) is 0.250. The molecule has 0 fully saturated rings. The maximum absolute atomic E-state index is 12.0. The van der Waals surface area contributed by atoms with Crippen LogP contribution >= 0.6 is 0 Å². The molecule has 0 unspecified atom stereocenters. The molecule has 1 heterocycles. The van der Waals surface area contributed by atoms with Crippen LogP contribution in [0.1, 0.15) is 17.5 Å². The summed E-state index contributed by atoms with van der Waals surface area (Å²) in [6.07, 6.45) is -0.699. The van der Waals surface area contributed by atoms with Gasteiger partial charge >= 0.3 is 6.36 Å². The van der Waals surface area contributed by atoms with Crippen molar-refractivity contribution in [3.05, 3.63) is 59.9 Å². The van der Waals surface area contributed by atoms with E-state index in [2.05, 4.69) is 15.0 Å². The van der Waals surface area contributed by atoms with Crippen LogP contribution in [0, 0.1) is 0 Å². The van der Waals surface area contributed by atoms with Crippen molar-refractivity contribution in [2.24, 2.45) is 0 Å². The number of carbonyl (C=O) groups excluding carboxylic acids is 1. The molecule has 122 valence electrons. The van der Waals surface area contributed by atoms with Gasteiger partial charge in [0.25, 0.3) is 0 Å². The number of amides is 1. The highest BCUT2D eigenvalue weighted by atomic mass is 19.4. The van der Waals surface area contributed by atoms with Gasteiger partial charge in [0.2, 0.25) is 5.91 Å². The number of rotatable bonds is 6. The number of hydrogen-bond donors (Lipinski definition) is 1. The molecule has 0 aliphatic rings. The minimum atomic E-state index is -4.70. The second kappa shape index (κ2) is 7.62. The molecular weight excluding hydrogens is 309 g/mol. The number of hydrogen-bond acceptors (Lipinski definition) is 3. The fourth-order valence-corrected chi connectivity index (χ4v) is 1.91. The summed E-state index contributed by atoms with van der Waals surface area (Å²) >= 11 is 0. The second-order valence-electron chi connectivity index (χ2n) is 4.83. The average Bonchev–Trinajstić information content (AvgIpc) is 2.52. The van der Waals surface area contributed by atoms with E-state index in [1.54, 1.807) is 18.5 Å². The zero-order valence-corrected chi connectivity index (χ0v) is 12.1. The molecule has 0 saturated heterocycles. The zero-order valence-electron chi connectivity index (χ0n) is 12.1. The molecule has 4 nitrogen and oxygen atoms in total. The first-order valence-corrected chi connectivity index (χ1v) is 6.93. The molecule has 7 heteroatoms. The number of ether oxygens (including phenoxy) is 1. The van der Waals surface area contributed by atoms with Crippen molar-refractivity contribution in [2.45, 2.75) is 25.7 Å². The van der Waals surface area contributed by atoms with Gasteiger partial charge in [-0.15, -0.1) is 13.2 Å². The van der Waals surface area contributed by atoms with Crippen molar-refractivity contribution >= 4 is 5.91 Å². The number of alkyl halides is 3. The van der Waals surface area contributed by atoms with Crippen LogP contribution in [0.4, 0.5) is 13.2 Å². The van der Waals surface area contributed by atoms with Crippen LogP contribution in [0.3, 0.4) is 0 Å². The number of nitrogens with zero attached hydrogens (tertiary/aromatic N) is 1. The van der Waals surface area contributed by atoms with Crippen LogP contribution in [0.5, 0.6) is 5.75 Å². The first kappa shape index (κ1) is 16.8. The van der Waals surface area contributed by atoms with Gasteiger partial charge in [-0.05, 0) is 35.7 Å². The number of carbonyl (C=O) groups is 1. The third kappa shape index (κ3) is 6.37. The Hall–Kier alpha value is -2.57. The van der Waals surface area contributed by atoms with Crippen molar-refractivity contribution in [2.75, 3.05) is 0 Å². The summed E-state index contributed by atoms with van der Waals surface area (Å²) in [5.41, 5.74) is 1.66. The van der Waals surface area contributed by atoms with Gasteiger partial charge in [0.1, 0.15) is 5.75 Å². The molecule has 1 aromatic heterocycles. The fourth-order valence-electron chi connectivity index (χ4n) is 1.91. The maximum atomic E-state index is 12.0. The molecule has 2 rings (SSSR count). The second-order valence-corrected chi connectivity index (χ2v) is 4.83. The quantitative estimate of drug-likeness (QED) is 0.887. The standard InChI is InChI=1S/C16H15F3N2O2/c17-16(18,19)23-14-6-3-12(4-7-14)5-8-15(22)21-11-13-2-1-9-20-10-13/h1-4,6-7,9-10H,5,8,11H2,(H,21,22). The van der Waals surface area contributed by atoms with Crippen molar-refractivity contribution in [1.29, 1.82) is 0 Å². The molecule has 0 atom stereocenters. The number of pyridine rings is 1. The van der Waals surface area contributed by atoms with Crippen LogP contribution in [-0.4, -0.2) is 17.3 Å². The summed E-state index contributed by atoms with van der Waals surface area (Å²) < 4.78 is 39.9. The highest BCUT2D eigenvalue weighted by Crippen LogP contribution is 2.22. The number of benzene rings is 1. The maximum Gasteiger partial charge on any atom is 0.573 e. The molecule has 0 bridgehead atoms. The van der Waals surface area contributed by atoms with E-state index in [4.69, 9.17) is 0 Å². The van der Waals surface area contributed by atoms with E-state index in [1.807, 2.05) is 6.07 Å². The Bertz CT molecular complexity index is 628. The molecule has 0 radical (unpaired) electrons. The summed E-state index contributed by atoms with van der Waals surface area (Å²) in [5, 5.41) is 2.76. The molecule has 23 heavy (non-hydrogen) atoms. The summed E-state index contributed by atoms with van der Waals surface area (Å²) in [4.78, 5) is 15.7. The minimum absolute atomic E-state index is 0.135. The largest absolute Gasteiger partial charge is 0.573 e. The number of aryl methyl sites for hydroxylation is 1. The van der Waals surface area contributed by atoms with Crippen LogP contribution < -0.4 is 10.1 Å². The van der Waals surface area contributed by atoms with Crippen LogP contribution in [0.15, 0.2) is 48.8 Å². The predicted molar refractivity (Wildman–Crippen MR) is 77.5 cm³/mol. The Morgan fingerprint density at radius 3 is 2.48 bits per heavy atom. The van der Waals surface area contributed by atoms with Gasteiger partial charge in [-0.25, -0.2) is 0 Å². The predicted octanol–water partition coefficient (Wildman–Crippen LogP) is 3.23. The molecule has 0 spiro atoms. The van der Waals surface area contributed by atoms with Crippen LogP contribution in [0.2, 0.25) is 0 Å². The van der Waals surface area contributed by atoms with E-state index in [1.165, 1.54) is 24.3 Å². The van der Waals surface area contributed by atoms with E-state index >= 15 is 0 Å². The van der Waals surface area contributed by atoms with E-state index in [0.29, 0.717) is 13.0 Å².